The van der Waals surface area contributed by atoms with Crippen molar-refractivity contribution in [3.63, 3.8) is 0 Å². The zero-order valence-corrected chi connectivity index (χ0v) is 8.00. The van der Waals surface area contributed by atoms with Crippen molar-refractivity contribution in [3.05, 3.63) is 0 Å². The molecule has 0 aliphatic rings. The molecule has 56 valence electrons. The van der Waals surface area contributed by atoms with E-state index in [1.807, 2.05) is 0 Å². The monoisotopic (exact) mass is 188 g/mol. The molecule has 0 spiro atoms. The lowest BCUT2D eigenvalue weighted by atomic mass is 10.8. The maximum Gasteiger partial charge on any atom is 0.386 e. The molecule has 0 heterocycles. The van der Waals surface area contributed by atoms with E-state index in [4.69, 9.17) is 31.3 Å². The molecule has 0 radical (unpaired) electrons. The van der Waals surface area contributed by atoms with Crippen LogP contribution in [0.4, 0.5) is 0 Å². The Hall–Kier alpha value is 0.717. The molecule has 0 unspecified atom stereocenters. The van der Waals surface area contributed by atoms with E-state index in [0.29, 0.717) is 13.2 Å². The van der Waals surface area contributed by atoms with Gasteiger partial charge in [0.1, 0.15) is 0 Å². The van der Waals surface area contributed by atoms with Crippen LogP contribution in [0.3, 0.4) is 0 Å². The van der Waals surface area contributed by atoms with Gasteiger partial charge in [-0.3, -0.25) is 0 Å². The van der Waals surface area contributed by atoms with Gasteiger partial charge < -0.3 is 9.16 Å². The fourth-order valence-corrected chi connectivity index (χ4v) is 1.21. The van der Waals surface area contributed by atoms with E-state index >= 15 is 0 Å². The van der Waals surface area contributed by atoms with Gasteiger partial charge in [0.05, 0.1) is 13.2 Å². The van der Waals surface area contributed by atoms with E-state index in [9.17, 15) is 0 Å². The molecule has 0 N–H and O–H groups in total. The molecule has 2 nitrogen and oxygen atoms in total. The molecule has 0 rings (SSSR count). The summed E-state index contributed by atoms with van der Waals surface area (Å²) in [7, 11) is 1.60. The van der Waals surface area contributed by atoms with Crippen molar-refractivity contribution >= 4 is 29.1 Å². The number of hydrogen-bond donors (Lipinski definition) is 0. The van der Waals surface area contributed by atoms with E-state index < -0.39 is 6.94 Å². The second-order valence-corrected chi connectivity index (χ2v) is 8.46. The van der Waals surface area contributed by atoms with E-state index in [2.05, 4.69) is 0 Å². The lowest BCUT2D eigenvalue weighted by molar-refractivity contribution is 0.147. The van der Waals surface area contributed by atoms with Gasteiger partial charge in [0.2, 0.25) is 0 Å². The third-order valence-corrected chi connectivity index (χ3v) is 2.01. The molecule has 0 saturated carbocycles. The Balaban J connectivity index is 3.07. The summed E-state index contributed by atoms with van der Waals surface area (Å²) in [5.41, 5.74) is 0. The van der Waals surface area contributed by atoms with Crippen molar-refractivity contribution < 1.29 is 9.16 Å². The summed E-state index contributed by atoms with van der Waals surface area (Å²) in [5.74, 6) is 0. The van der Waals surface area contributed by atoms with Gasteiger partial charge in [-0.15, -0.1) is 22.2 Å². The van der Waals surface area contributed by atoms with Crippen LogP contribution < -0.4 is 0 Å². The molecule has 0 aromatic rings. The molecule has 0 aliphatic heterocycles. The predicted molar refractivity (Wildman–Crippen MR) is 41.2 cm³/mol. The molecule has 0 aromatic heterocycles. The van der Waals surface area contributed by atoms with E-state index in [-0.39, 0.29) is 0 Å². The highest BCUT2D eigenvalue weighted by Crippen LogP contribution is 2.14. The number of methoxy groups -OCH3 is 1. The van der Waals surface area contributed by atoms with Crippen molar-refractivity contribution in [1.29, 1.82) is 0 Å². The Morgan fingerprint density at radius 2 is 1.89 bits per heavy atom. The van der Waals surface area contributed by atoms with Crippen LogP contribution in [0.5, 0.6) is 0 Å². The molecule has 0 aromatic carbocycles. The van der Waals surface area contributed by atoms with E-state index in [1.165, 1.54) is 0 Å². The van der Waals surface area contributed by atoms with Gasteiger partial charge in [0.25, 0.3) is 0 Å². The third kappa shape index (κ3) is 8.72. The van der Waals surface area contributed by atoms with Gasteiger partial charge >= 0.3 is 6.94 Å². The Kier molecular flexibility index (Phi) is 4.88. The smallest absolute Gasteiger partial charge is 0.386 e. The van der Waals surface area contributed by atoms with Gasteiger partial charge in [-0.1, -0.05) is 0 Å². The minimum absolute atomic E-state index is 0.478. The first-order valence-electron chi connectivity index (χ1n) is 2.57. The zero-order chi connectivity index (χ0) is 7.33. The molecule has 0 amide bonds. The van der Waals surface area contributed by atoms with E-state index in [0.717, 1.165) is 0 Å². The summed E-state index contributed by atoms with van der Waals surface area (Å²) in [6, 6.07) is 0. The van der Waals surface area contributed by atoms with Gasteiger partial charge in [0, 0.05) is 7.11 Å². The topological polar surface area (TPSA) is 18.5 Å². The van der Waals surface area contributed by atoms with Crippen LogP contribution >= 0.6 is 22.2 Å². The van der Waals surface area contributed by atoms with Crippen LogP contribution in [-0.2, 0) is 9.16 Å². The number of hydrogen-bond acceptors (Lipinski definition) is 2. The fraction of sp³-hybridized carbons (Fsp3) is 1.00. The average molecular weight is 189 g/mol. The molecule has 0 fully saturated rings. The van der Waals surface area contributed by atoms with Crippen molar-refractivity contribution in [1.82, 2.24) is 0 Å². The summed E-state index contributed by atoms with van der Waals surface area (Å²) in [6.45, 7) is 0.392. The van der Waals surface area contributed by atoms with E-state index in [1.54, 1.807) is 13.7 Å². The molecule has 0 bridgehead atoms. The largest absolute Gasteiger partial charge is 0.390 e. The molecule has 0 aliphatic carbocycles. The number of rotatable bonds is 4. The standard InChI is InChI=1S/C4H10Cl2O2Si/c1-7-3-4-8-9(2,5)6/h3-4H2,1-2H3. The predicted octanol–water partition coefficient (Wildman–Crippen LogP) is 1.70. The van der Waals surface area contributed by atoms with Crippen LogP contribution in [0, 0.1) is 0 Å². The van der Waals surface area contributed by atoms with Crippen LogP contribution in [0.25, 0.3) is 0 Å². The fourth-order valence-electron chi connectivity index (χ4n) is 0.304. The van der Waals surface area contributed by atoms with Crippen molar-refractivity contribution in [3.8, 4) is 0 Å². The maximum atomic E-state index is 5.60. The summed E-state index contributed by atoms with van der Waals surface area (Å²) in [4.78, 5) is 0. The Labute approximate surface area is 65.6 Å². The third-order valence-electron chi connectivity index (χ3n) is 0.643. The molecular weight excluding hydrogens is 179 g/mol. The second kappa shape index (κ2) is 4.52. The van der Waals surface area contributed by atoms with Crippen molar-refractivity contribution in [2.24, 2.45) is 0 Å². The summed E-state index contributed by atoms with van der Waals surface area (Å²) < 4.78 is 9.73. The molecule has 0 atom stereocenters. The van der Waals surface area contributed by atoms with Gasteiger partial charge in [-0.05, 0) is 6.55 Å². The Bertz CT molecular complexity index is 73.5. The average Bonchev–Trinajstić information content (AvgIpc) is 1.63. The van der Waals surface area contributed by atoms with Crippen molar-refractivity contribution in [2.45, 2.75) is 6.55 Å². The Morgan fingerprint density at radius 1 is 1.33 bits per heavy atom. The number of ether oxygens (including phenoxy) is 1. The van der Waals surface area contributed by atoms with Gasteiger partial charge in [0.15, 0.2) is 0 Å². The number of halogens is 2. The van der Waals surface area contributed by atoms with Crippen LogP contribution in [0.2, 0.25) is 6.55 Å². The normalized spacial score (nSPS) is 12.0. The highest BCUT2D eigenvalue weighted by molar-refractivity contribution is 7.41. The maximum absolute atomic E-state index is 5.60. The first-order valence-corrected chi connectivity index (χ1v) is 7.00. The quantitative estimate of drug-likeness (QED) is 0.380. The highest BCUT2D eigenvalue weighted by atomic mass is 35.7. The summed E-state index contributed by atoms with van der Waals surface area (Å²) >= 11 is 11.2. The lowest BCUT2D eigenvalue weighted by Crippen LogP contribution is -2.21. The zero-order valence-electron chi connectivity index (χ0n) is 5.49. The van der Waals surface area contributed by atoms with Crippen LogP contribution in [0.15, 0.2) is 0 Å². The van der Waals surface area contributed by atoms with Gasteiger partial charge in [-0.25, -0.2) is 0 Å². The molecule has 5 heteroatoms. The van der Waals surface area contributed by atoms with Crippen molar-refractivity contribution in [2.75, 3.05) is 20.3 Å². The molecule has 0 saturated heterocycles. The SMILES string of the molecule is COCCO[Si](C)(Cl)Cl. The minimum atomic E-state index is -2.33. The molecular formula is C4H10Cl2O2Si. The Morgan fingerprint density at radius 3 is 2.22 bits per heavy atom. The lowest BCUT2D eigenvalue weighted by Gasteiger charge is -2.10. The summed E-state index contributed by atoms with van der Waals surface area (Å²) in [5, 5.41) is 0. The highest BCUT2D eigenvalue weighted by Gasteiger charge is 2.21. The second-order valence-electron chi connectivity index (χ2n) is 1.65. The minimum Gasteiger partial charge on any atom is -0.390 e. The van der Waals surface area contributed by atoms with Gasteiger partial charge in [-0.2, -0.15) is 0 Å². The summed E-state index contributed by atoms with van der Waals surface area (Å²) in [6.07, 6.45) is 0. The first kappa shape index (κ1) is 9.72. The first-order chi connectivity index (χ1) is 4.06. The van der Waals surface area contributed by atoms with Crippen LogP contribution in [0.1, 0.15) is 0 Å². The molecule has 9 heavy (non-hydrogen) atoms. The van der Waals surface area contributed by atoms with Crippen LogP contribution in [-0.4, -0.2) is 27.3 Å².